The molecule has 0 fully saturated rings. The first-order valence-electron chi connectivity index (χ1n) is 9.61. The molecule has 0 aliphatic heterocycles. The van der Waals surface area contributed by atoms with E-state index in [-0.39, 0.29) is 30.7 Å². The first-order valence-corrected chi connectivity index (χ1v) is 11.0. The Kier molecular flexibility index (Phi) is 7.28. The Hall–Kier alpha value is -2.38. The molecule has 0 saturated heterocycles. The lowest BCUT2D eigenvalue weighted by Crippen LogP contribution is -2.37. The van der Waals surface area contributed by atoms with Gasteiger partial charge in [-0.1, -0.05) is 30.3 Å². The second-order valence-corrected chi connectivity index (χ2v) is 8.48. The molecule has 0 radical (unpaired) electrons. The number of rotatable bonds is 8. The molecule has 1 aromatic carbocycles. The molecule has 0 saturated carbocycles. The molecule has 1 aliphatic carbocycles. The normalized spacial score (nSPS) is 12.9. The zero-order chi connectivity index (χ0) is 20.8. The van der Waals surface area contributed by atoms with Crippen LogP contribution < -0.4 is 11.1 Å². The highest BCUT2D eigenvalue weighted by molar-refractivity contribution is 7.17. The third-order valence-corrected chi connectivity index (χ3v) is 6.28. The summed E-state index contributed by atoms with van der Waals surface area (Å²) in [5.41, 5.74) is 7.89. The van der Waals surface area contributed by atoms with Crippen molar-refractivity contribution in [3.8, 4) is 0 Å². The summed E-state index contributed by atoms with van der Waals surface area (Å²) in [5, 5.41) is 3.30. The maximum atomic E-state index is 12.7. The van der Waals surface area contributed by atoms with E-state index >= 15 is 0 Å². The lowest BCUT2D eigenvalue weighted by Gasteiger charge is -2.22. The first kappa shape index (κ1) is 21.3. The smallest absolute Gasteiger partial charge is 0.251 e. The summed E-state index contributed by atoms with van der Waals surface area (Å²) in [6, 6.07) is 9.46. The predicted octanol–water partition coefficient (Wildman–Crippen LogP) is 3.32. The molecule has 1 aliphatic rings. The van der Waals surface area contributed by atoms with Crippen LogP contribution in [0.1, 0.15) is 45.6 Å². The number of amides is 3. The van der Waals surface area contributed by atoms with Crippen molar-refractivity contribution >= 4 is 45.7 Å². The van der Waals surface area contributed by atoms with E-state index in [0.717, 1.165) is 41.7 Å². The maximum absolute atomic E-state index is 12.7. The predicted molar refractivity (Wildman–Crippen MR) is 115 cm³/mol. The number of halogens is 1. The van der Waals surface area contributed by atoms with Crippen molar-refractivity contribution in [1.82, 2.24) is 4.90 Å². The minimum Gasteiger partial charge on any atom is -0.365 e. The molecule has 1 aromatic heterocycles. The van der Waals surface area contributed by atoms with Gasteiger partial charge in [0.2, 0.25) is 11.8 Å². The molecule has 3 amide bonds. The van der Waals surface area contributed by atoms with Gasteiger partial charge in [0.25, 0.3) is 5.91 Å². The van der Waals surface area contributed by atoms with Crippen molar-refractivity contribution in [3.63, 3.8) is 0 Å². The average Bonchev–Trinajstić information content (AvgIpc) is 3.06. The molecule has 3 rings (SSSR count). The van der Waals surface area contributed by atoms with Crippen LogP contribution >= 0.6 is 22.9 Å². The summed E-state index contributed by atoms with van der Waals surface area (Å²) in [6.07, 6.45) is 3.92. The summed E-state index contributed by atoms with van der Waals surface area (Å²) in [6.45, 7) is 0.193. The SMILES string of the molecule is NC(=O)c1c(NC(=O)CN(Cc2ccccc2)C(=O)CCCl)sc2c1CCCC2. The number of hydrogen-bond donors (Lipinski definition) is 2. The molecular formula is C21H24ClN3O3S. The van der Waals surface area contributed by atoms with Gasteiger partial charge < -0.3 is 16.0 Å². The number of anilines is 1. The Balaban J connectivity index is 1.75. The van der Waals surface area contributed by atoms with E-state index in [9.17, 15) is 14.4 Å². The highest BCUT2D eigenvalue weighted by Crippen LogP contribution is 2.37. The Morgan fingerprint density at radius 1 is 1.14 bits per heavy atom. The second kappa shape index (κ2) is 9.89. The molecule has 154 valence electrons. The van der Waals surface area contributed by atoms with Crippen molar-refractivity contribution in [2.45, 2.75) is 38.6 Å². The fourth-order valence-electron chi connectivity index (χ4n) is 3.53. The van der Waals surface area contributed by atoms with Gasteiger partial charge in [0.15, 0.2) is 0 Å². The number of benzene rings is 1. The van der Waals surface area contributed by atoms with E-state index in [1.54, 1.807) is 0 Å². The van der Waals surface area contributed by atoms with Crippen molar-refractivity contribution < 1.29 is 14.4 Å². The van der Waals surface area contributed by atoms with Crippen molar-refractivity contribution in [2.75, 3.05) is 17.7 Å². The number of hydrogen-bond acceptors (Lipinski definition) is 4. The molecule has 0 bridgehead atoms. The summed E-state index contributed by atoms with van der Waals surface area (Å²) in [7, 11) is 0. The number of aryl methyl sites for hydroxylation is 1. The Morgan fingerprint density at radius 2 is 1.86 bits per heavy atom. The monoisotopic (exact) mass is 433 g/mol. The molecule has 0 spiro atoms. The lowest BCUT2D eigenvalue weighted by molar-refractivity contribution is -0.134. The molecule has 1 heterocycles. The lowest BCUT2D eigenvalue weighted by atomic mass is 9.95. The Morgan fingerprint density at radius 3 is 2.55 bits per heavy atom. The van der Waals surface area contributed by atoms with Gasteiger partial charge in [0.05, 0.1) is 5.56 Å². The van der Waals surface area contributed by atoms with Gasteiger partial charge >= 0.3 is 0 Å². The number of fused-ring (bicyclic) bond motifs is 1. The van der Waals surface area contributed by atoms with Crippen molar-refractivity contribution in [2.24, 2.45) is 5.73 Å². The van der Waals surface area contributed by atoms with E-state index in [1.165, 1.54) is 16.2 Å². The number of thiophene rings is 1. The first-order chi connectivity index (χ1) is 14.0. The number of alkyl halides is 1. The van der Waals surface area contributed by atoms with E-state index < -0.39 is 5.91 Å². The van der Waals surface area contributed by atoms with Crippen LogP contribution in [0.25, 0.3) is 0 Å². The van der Waals surface area contributed by atoms with Crippen LogP contribution in [0.5, 0.6) is 0 Å². The number of nitrogens with two attached hydrogens (primary N) is 1. The standard InChI is InChI=1S/C21H24ClN3O3S/c22-11-10-18(27)25(12-14-6-2-1-3-7-14)13-17(26)24-21-19(20(23)28)15-8-4-5-9-16(15)29-21/h1-3,6-7H,4-5,8-13H2,(H2,23,28)(H,24,26). The molecule has 6 nitrogen and oxygen atoms in total. The number of nitrogens with one attached hydrogen (secondary N) is 1. The number of primary amides is 1. The Labute approximate surface area is 179 Å². The van der Waals surface area contributed by atoms with E-state index in [0.29, 0.717) is 17.1 Å². The summed E-state index contributed by atoms with van der Waals surface area (Å²) in [5.74, 6) is -0.890. The molecule has 0 unspecified atom stereocenters. The minimum atomic E-state index is -0.529. The van der Waals surface area contributed by atoms with Crippen LogP contribution in [-0.4, -0.2) is 35.0 Å². The van der Waals surface area contributed by atoms with Crippen LogP contribution in [-0.2, 0) is 29.0 Å². The van der Waals surface area contributed by atoms with Crippen LogP contribution in [0.2, 0.25) is 0 Å². The van der Waals surface area contributed by atoms with Gasteiger partial charge in [0.1, 0.15) is 11.5 Å². The summed E-state index contributed by atoms with van der Waals surface area (Å²) in [4.78, 5) is 39.8. The number of nitrogens with zero attached hydrogens (tertiary/aromatic N) is 1. The quantitative estimate of drug-likeness (QED) is 0.625. The van der Waals surface area contributed by atoms with Gasteiger partial charge in [-0.25, -0.2) is 0 Å². The van der Waals surface area contributed by atoms with E-state index in [2.05, 4.69) is 5.32 Å². The third-order valence-electron chi connectivity index (χ3n) is 4.88. The average molecular weight is 434 g/mol. The van der Waals surface area contributed by atoms with E-state index in [1.807, 2.05) is 30.3 Å². The highest BCUT2D eigenvalue weighted by Gasteiger charge is 2.26. The fourth-order valence-corrected chi connectivity index (χ4v) is 5.00. The van der Waals surface area contributed by atoms with Crippen LogP contribution in [0.4, 0.5) is 5.00 Å². The van der Waals surface area contributed by atoms with Crippen molar-refractivity contribution in [1.29, 1.82) is 0 Å². The van der Waals surface area contributed by atoms with Gasteiger partial charge in [-0.05, 0) is 36.8 Å². The number of carbonyl (C=O) groups excluding carboxylic acids is 3. The van der Waals surface area contributed by atoms with Crippen LogP contribution in [0, 0.1) is 0 Å². The largest absolute Gasteiger partial charge is 0.365 e. The molecule has 2 aromatic rings. The molecular weight excluding hydrogens is 410 g/mol. The van der Waals surface area contributed by atoms with Gasteiger partial charge in [0, 0.05) is 23.7 Å². The number of carbonyl (C=O) groups is 3. The van der Waals surface area contributed by atoms with E-state index in [4.69, 9.17) is 17.3 Å². The topological polar surface area (TPSA) is 92.5 Å². The maximum Gasteiger partial charge on any atom is 0.251 e. The van der Waals surface area contributed by atoms with Gasteiger partial charge in [-0.15, -0.1) is 22.9 Å². The zero-order valence-corrected chi connectivity index (χ0v) is 17.7. The molecule has 29 heavy (non-hydrogen) atoms. The highest BCUT2D eigenvalue weighted by atomic mass is 35.5. The van der Waals surface area contributed by atoms with Crippen molar-refractivity contribution in [3.05, 3.63) is 51.9 Å². The molecule has 3 N–H and O–H groups in total. The zero-order valence-electron chi connectivity index (χ0n) is 16.1. The van der Waals surface area contributed by atoms with Gasteiger partial charge in [-0.2, -0.15) is 0 Å². The summed E-state index contributed by atoms with van der Waals surface area (Å²) < 4.78 is 0. The Bertz CT molecular complexity index is 898. The second-order valence-electron chi connectivity index (χ2n) is 7.00. The third kappa shape index (κ3) is 5.36. The van der Waals surface area contributed by atoms with Crippen LogP contribution in [0.3, 0.4) is 0 Å². The summed E-state index contributed by atoms with van der Waals surface area (Å²) >= 11 is 7.14. The minimum absolute atomic E-state index is 0.120. The van der Waals surface area contributed by atoms with Gasteiger partial charge in [-0.3, -0.25) is 14.4 Å². The molecule has 0 atom stereocenters. The van der Waals surface area contributed by atoms with Crippen LogP contribution in [0.15, 0.2) is 30.3 Å². The molecule has 8 heteroatoms. The fraction of sp³-hybridized carbons (Fsp3) is 0.381.